The first-order valence-corrected chi connectivity index (χ1v) is 6.07. The van der Waals surface area contributed by atoms with Gasteiger partial charge in [-0.15, -0.1) is 0 Å². The number of piperidine rings is 1. The Kier molecular flexibility index (Phi) is 6.23. The number of aliphatic carboxylic acids is 1. The van der Waals surface area contributed by atoms with E-state index in [-0.39, 0.29) is 31.0 Å². The normalized spacial score (nSPS) is 17.1. The number of primary amides is 1. The first-order valence-electron chi connectivity index (χ1n) is 6.07. The minimum atomic E-state index is -1.10. The van der Waals surface area contributed by atoms with Crippen molar-refractivity contribution in [3.63, 3.8) is 0 Å². The van der Waals surface area contributed by atoms with Crippen LogP contribution in [0.2, 0.25) is 0 Å². The van der Waals surface area contributed by atoms with Crippen LogP contribution < -0.4 is 11.1 Å². The van der Waals surface area contributed by atoms with Gasteiger partial charge < -0.3 is 20.9 Å². The summed E-state index contributed by atoms with van der Waals surface area (Å²) in [6.45, 7) is 0.897. The van der Waals surface area contributed by atoms with E-state index >= 15 is 0 Å². The minimum absolute atomic E-state index is 0.0325. The van der Waals surface area contributed by atoms with Crippen molar-refractivity contribution >= 4 is 17.8 Å². The first kappa shape index (κ1) is 15.4. The molecular weight excluding hydrogens is 254 g/mol. The Morgan fingerprint density at radius 3 is 2.42 bits per heavy atom. The highest BCUT2D eigenvalue weighted by molar-refractivity contribution is 5.78. The number of nitrogens with one attached hydrogen (secondary N) is 1. The SMILES string of the molecule is NC(=O)CN1CCC(NC(=O)COCC(=O)O)CC1. The lowest BCUT2D eigenvalue weighted by atomic mass is 10.1. The molecule has 1 aliphatic heterocycles. The third-order valence-electron chi connectivity index (χ3n) is 2.79. The Balaban J connectivity index is 2.16. The largest absolute Gasteiger partial charge is 0.480 e. The van der Waals surface area contributed by atoms with Crippen LogP contribution in [0.15, 0.2) is 0 Å². The van der Waals surface area contributed by atoms with Crippen LogP contribution in [-0.2, 0) is 19.1 Å². The molecule has 0 radical (unpaired) electrons. The molecule has 8 nitrogen and oxygen atoms in total. The van der Waals surface area contributed by atoms with Crippen molar-refractivity contribution in [1.29, 1.82) is 0 Å². The van der Waals surface area contributed by atoms with Gasteiger partial charge in [-0.05, 0) is 12.8 Å². The number of hydrogen-bond donors (Lipinski definition) is 3. The van der Waals surface area contributed by atoms with E-state index in [9.17, 15) is 14.4 Å². The van der Waals surface area contributed by atoms with E-state index in [1.807, 2.05) is 4.90 Å². The lowest BCUT2D eigenvalue weighted by Crippen LogP contribution is -2.47. The Labute approximate surface area is 110 Å². The number of carboxylic acid groups (broad SMARTS) is 1. The van der Waals surface area contributed by atoms with E-state index in [0.717, 1.165) is 12.8 Å². The second-order valence-corrected chi connectivity index (χ2v) is 4.47. The quantitative estimate of drug-likeness (QED) is 0.500. The van der Waals surface area contributed by atoms with Gasteiger partial charge in [0.2, 0.25) is 11.8 Å². The molecule has 4 N–H and O–H groups in total. The molecule has 0 aromatic heterocycles. The van der Waals surface area contributed by atoms with Gasteiger partial charge in [0.05, 0.1) is 6.54 Å². The molecule has 19 heavy (non-hydrogen) atoms. The Morgan fingerprint density at radius 1 is 1.26 bits per heavy atom. The van der Waals surface area contributed by atoms with Crippen molar-refractivity contribution in [2.75, 3.05) is 32.8 Å². The Bertz CT molecular complexity index is 339. The number of carbonyl (C=O) groups excluding carboxylic acids is 2. The van der Waals surface area contributed by atoms with Crippen LogP contribution in [0.5, 0.6) is 0 Å². The highest BCUT2D eigenvalue weighted by Crippen LogP contribution is 2.09. The lowest BCUT2D eigenvalue weighted by molar-refractivity contribution is -0.143. The Morgan fingerprint density at radius 2 is 1.89 bits per heavy atom. The second kappa shape index (κ2) is 7.70. The van der Waals surface area contributed by atoms with Crippen LogP contribution in [-0.4, -0.2) is 66.7 Å². The number of ether oxygens (including phenoxy) is 1. The summed E-state index contributed by atoms with van der Waals surface area (Å²) in [5, 5.41) is 11.1. The predicted octanol–water partition coefficient (Wildman–Crippen LogP) is -1.85. The molecule has 1 fully saturated rings. The van der Waals surface area contributed by atoms with Gasteiger partial charge in [0.25, 0.3) is 0 Å². The van der Waals surface area contributed by atoms with Crippen molar-refractivity contribution in [3.8, 4) is 0 Å². The molecule has 8 heteroatoms. The molecule has 0 aliphatic carbocycles. The van der Waals surface area contributed by atoms with E-state index in [2.05, 4.69) is 10.1 Å². The number of amides is 2. The molecule has 1 heterocycles. The number of likely N-dealkylation sites (tertiary alicyclic amines) is 1. The summed E-state index contributed by atoms with van der Waals surface area (Å²) in [4.78, 5) is 34.3. The summed E-state index contributed by atoms with van der Waals surface area (Å²) in [7, 11) is 0. The number of carboxylic acids is 1. The average molecular weight is 273 g/mol. The van der Waals surface area contributed by atoms with Gasteiger partial charge in [-0.3, -0.25) is 14.5 Å². The second-order valence-electron chi connectivity index (χ2n) is 4.47. The van der Waals surface area contributed by atoms with E-state index in [0.29, 0.717) is 13.1 Å². The molecule has 0 bridgehead atoms. The van der Waals surface area contributed by atoms with E-state index in [1.165, 1.54) is 0 Å². The summed E-state index contributed by atoms with van der Waals surface area (Å²) >= 11 is 0. The summed E-state index contributed by atoms with van der Waals surface area (Å²) in [5.74, 6) is -1.79. The Hall–Kier alpha value is -1.67. The fourth-order valence-corrected chi connectivity index (χ4v) is 1.96. The maximum Gasteiger partial charge on any atom is 0.329 e. The van der Waals surface area contributed by atoms with Crippen LogP contribution in [0.25, 0.3) is 0 Å². The van der Waals surface area contributed by atoms with Crippen LogP contribution >= 0.6 is 0 Å². The third-order valence-corrected chi connectivity index (χ3v) is 2.79. The molecular formula is C11H19N3O5. The number of nitrogens with two attached hydrogens (primary N) is 1. The van der Waals surface area contributed by atoms with Gasteiger partial charge in [0, 0.05) is 19.1 Å². The predicted molar refractivity (Wildman–Crippen MR) is 65.3 cm³/mol. The molecule has 0 spiro atoms. The number of rotatable bonds is 7. The number of hydrogen-bond acceptors (Lipinski definition) is 5. The summed E-state index contributed by atoms with van der Waals surface area (Å²) in [6.07, 6.45) is 1.47. The van der Waals surface area contributed by atoms with Crippen LogP contribution in [0.4, 0.5) is 0 Å². The molecule has 2 amide bonds. The van der Waals surface area contributed by atoms with E-state index in [4.69, 9.17) is 10.8 Å². The molecule has 1 aliphatic rings. The van der Waals surface area contributed by atoms with Crippen molar-refractivity contribution in [1.82, 2.24) is 10.2 Å². The summed E-state index contributed by atoms with van der Waals surface area (Å²) < 4.78 is 4.69. The van der Waals surface area contributed by atoms with Crippen LogP contribution in [0, 0.1) is 0 Å². The van der Waals surface area contributed by atoms with Gasteiger partial charge in [-0.2, -0.15) is 0 Å². The highest BCUT2D eigenvalue weighted by atomic mass is 16.5. The van der Waals surface area contributed by atoms with Crippen molar-refractivity contribution in [2.45, 2.75) is 18.9 Å². The molecule has 1 saturated heterocycles. The fraction of sp³-hybridized carbons (Fsp3) is 0.727. The summed E-state index contributed by atoms with van der Waals surface area (Å²) in [5.41, 5.74) is 5.10. The molecule has 0 aromatic rings. The monoisotopic (exact) mass is 273 g/mol. The van der Waals surface area contributed by atoms with Crippen LogP contribution in [0.1, 0.15) is 12.8 Å². The zero-order chi connectivity index (χ0) is 14.3. The zero-order valence-electron chi connectivity index (χ0n) is 10.6. The van der Waals surface area contributed by atoms with E-state index < -0.39 is 12.6 Å². The third kappa shape index (κ3) is 6.73. The maximum absolute atomic E-state index is 11.4. The van der Waals surface area contributed by atoms with Crippen molar-refractivity contribution in [2.24, 2.45) is 5.73 Å². The van der Waals surface area contributed by atoms with Gasteiger partial charge in [-0.1, -0.05) is 0 Å². The van der Waals surface area contributed by atoms with Gasteiger partial charge in [0.15, 0.2) is 0 Å². The molecule has 0 unspecified atom stereocenters. The molecule has 0 saturated carbocycles. The average Bonchev–Trinajstić information content (AvgIpc) is 2.30. The molecule has 1 rings (SSSR count). The molecule has 108 valence electrons. The topological polar surface area (TPSA) is 122 Å². The minimum Gasteiger partial charge on any atom is -0.480 e. The summed E-state index contributed by atoms with van der Waals surface area (Å²) in [6, 6.07) is 0.0325. The van der Waals surface area contributed by atoms with Gasteiger partial charge in [-0.25, -0.2) is 4.79 Å². The molecule has 0 aromatic carbocycles. The van der Waals surface area contributed by atoms with Crippen LogP contribution in [0.3, 0.4) is 0 Å². The van der Waals surface area contributed by atoms with Crippen molar-refractivity contribution < 1.29 is 24.2 Å². The maximum atomic E-state index is 11.4. The lowest BCUT2D eigenvalue weighted by Gasteiger charge is -2.31. The fourth-order valence-electron chi connectivity index (χ4n) is 1.96. The number of carbonyl (C=O) groups is 3. The molecule has 0 atom stereocenters. The smallest absolute Gasteiger partial charge is 0.329 e. The highest BCUT2D eigenvalue weighted by Gasteiger charge is 2.21. The zero-order valence-corrected chi connectivity index (χ0v) is 10.6. The van der Waals surface area contributed by atoms with Crippen molar-refractivity contribution in [3.05, 3.63) is 0 Å². The van der Waals surface area contributed by atoms with E-state index in [1.54, 1.807) is 0 Å². The first-order chi connectivity index (χ1) is 8.97. The number of nitrogens with zero attached hydrogens (tertiary/aromatic N) is 1. The van der Waals surface area contributed by atoms with Gasteiger partial charge in [0.1, 0.15) is 13.2 Å². The van der Waals surface area contributed by atoms with Gasteiger partial charge >= 0.3 is 5.97 Å². The standard InChI is InChI=1S/C11H19N3O5/c12-9(15)5-14-3-1-8(2-4-14)13-10(16)6-19-7-11(17)18/h8H,1-7H2,(H2,12,15)(H,13,16)(H,17,18).